The second-order valence-corrected chi connectivity index (χ2v) is 9.62. The molecule has 0 bridgehead atoms. The van der Waals surface area contributed by atoms with E-state index in [9.17, 15) is 4.39 Å². The molecule has 1 aliphatic heterocycles. The molecular formula is C28H27FN2O2S. The summed E-state index contributed by atoms with van der Waals surface area (Å²) in [6, 6.07) is 25.7. The van der Waals surface area contributed by atoms with E-state index in [1.54, 1.807) is 24.3 Å². The van der Waals surface area contributed by atoms with Gasteiger partial charge in [0.25, 0.3) is 0 Å². The molecule has 0 radical (unpaired) electrons. The van der Waals surface area contributed by atoms with E-state index in [0.717, 1.165) is 17.7 Å². The molecule has 2 unspecified atom stereocenters. The van der Waals surface area contributed by atoms with Crippen molar-refractivity contribution in [3.63, 3.8) is 0 Å². The summed E-state index contributed by atoms with van der Waals surface area (Å²) in [5.74, 6) is -0.135. The highest BCUT2D eigenvalue weighted by molar-refractivity contribution is 7.99. The molecule has 6 heteroatoms. The fourth-order valence-electron chi connectivity index (χ4n) is 4.20. The first kappa shape index (κ1) is 22.8. The Kier molecular flexibility index (Phi) is 7.09. The number of nitrogens with zero attached hydrogens (tertiary/aromatic N) is 2. The van der Waals surface area contributed by atoms with Crippen LogP contribution in [0, 0.1) is 5.82 Å². The standard InChI is InChI=1S/C28H27FN2O2S/c29-25-10-6-22(7-11-25)14-15-28(20-31-17-16-30-21-31)32-18-26(33-28)19-34-27-12-8-24(9-13-27)23-4-2-1-3-5-23/h1-13,16-17,21,26H,14-15,18-20H2. The van der Waals surface area contributed by atoms with Crippen LogP contribution in [0.15, 0.2) is 102 Å². The second kappa shape index (κ2) is 10.6. The van der Waals surface area contributed by atoms with Crippen molar-refractivity contribution in [2.75, 3.05) is 12.4 Å². The van der Waals surface area contributed by atoms with E-state index in [1.165, 1.54) is 28.2 Å². The number of aryl methyl sites for hydroxylation is 1. The zero-order valence-corrected chi connectivity index (χ0v) is 19.7. The van der Waals surface area contributed by atoms with Crippen LogP contribution >= 0.6 is 11.8 Å². The smallest absolute Gasteiger partial charge is 0.187 e. The Morgan fingerprint density at radius 3 is 2.47 bits per heavy atom. The molecule has 1 aliphatic rings. The van der Waals surface area contributed by atoms with Gasteiger partial charge in [-0.05, 0) is 47.4 Å². The monoisotopic (exact) mass is 474 g/mol. The van der Waals surface area contributed by atoms with E-state index in [2.05, 4.69) is 53.5 Å². The van der Waals surface area contributed by atoms with E-state index >= 15 is 0 Å². The fourth-order valence-corrected chi connectivity index (χ4v) is 5.07. The van der Waals surface area contributed by atoms with Crippen molar-refractivity contribution in [3.05, 3.63) is 109 Å². The van der Waals surface area contributed by atoms with Crippen molar-refractivity contribution >= 4 is 11.8 Å². The van der Waals surface area contributed by atoms with Gasteiger partial charge in [0.15, 0.2) is 5.79 Å². The highest BCUT2D eigenvalue weighted by Gasteiger charge is 2.41. The maximum Gasteiger partial charge on any atom is 0.187 e. The third-order valence-corrected chi connectivity index (χ3v) is 7.15. The van der Waals surface area contributed by atoms with Crippen LogP contribution in [-0.2, 0) is 22.4 Å². The largest absolute Gasteiger partial charge is 0.345 e. The Hall–Kier alpha value is -2.93. The van der Waals surface area contributed by atoms with Crippen molar-refractivity contribution in [3.8, 4) is 11.1 Å². The van der Waals surface area contributed by atoms with Gasteiger partial charge in [-0.2, -0.15) is 0 Å². The Labute approximate surface area is 203 Å². The molecule has 3 aromatic carbocycles. The first-order valence-electron chi connectivity index (χ1n) is 11.5. The Balaban J connectivity index is 1.21. The lowest BCUT2D eigenvalue weighted by atomic mass is 10.0. The summed E-state index contributed by atoms with van der Waals surface area (Å²) in [4.78, 5) is 5.36. The number of thioether (sulfide) groups is 1. The molecule has 0 amide bonds. The van der Waals surface area contributed by atoms with Crippen LogP contribution in [0.1, 0.15) is 12.0 Å². The molecule has 2 atom stereocenters. The van der Waals surface area contributed by atoms with Crippen LogP contribution in [-0.4, -0.2) is 33.8 Å². The summed E-state index contributed by atoms with van der Waals surface area (Å²) in [7, 11) is 0. The molecule has 2 heterocycles. The van der Waals surface area contributed by atoms with Crippen molar-refractivity contribution in [2.24, 2.45) is 0 Å². The summed E-state index contributed by atoms with van der Waals surface area (Å²) >= 11 is 1.78. The molecule has 4 nitrogen and oxygen atoms in total. The molecule has 174 valence electrons. The summed E-state index contributed by atoms with van der Waals surface area (Å²) < 4.78 is 28.1. The van der Waals surface area contributed by atoms with Crippen LogP contribution in [0.2, 0.25) is 0 Å². The van der Waals surface area contributed by atoms with E-state index in [0.29, 0.717) is 19.6 Å². The highest BCUT2D eigenvalue weighted by atomic mass is 32.2. The van der Waals surface area contributed by atoms with Crippen LogP contribution in [0.3, 0.4) is 0 Å². The predicted octanol–water partition coefficient (Wildman–Crippen LogP) is 6.23. The first-order valence-corrected chi connectivity index (χ1v) is 12.5. The fraction of sp³-hybridized carbons (Fsp3) is 0.250. The molecule has 4 aromatic rings. The van der Waals surface area contributed by atoms with Crippen LogP contribution in [0.5, 0.6) is 0 Å². The quantitative estimate of drug-likeness (QED) is 0.270. The minimum Gasteiger partial charge on any atom is -0.345 e. The van der Waals surface area contributed by atoms with Crippen molar-refractivity contribution in [1.82, 2.24) is 9.55 Å². The van der Waals surface area contributed by atoms with E-state index in [1.807, 2.05) is 29.0 Å². The molecule has 34 heavy (non-hydrogen) atoms. The molecule has 0 N–H and O–H groups in total. The lowest BCUT2D eigenvalue weighted by Crippen LogP contribution is -2.37. The average molecular weight is 475 g/mol. The van der Waals surface area contributed by atoms with Gasteiger partial charge in [-0.15, -0.1) is 11.8 Å². The lowest BCUT2D eigenvalue weighted by molar-refractivity contribution is -0.180. The lowest BCUT2D eigenvalue weighted by Gasteiger charge is -2.28. The topological polar surface area (TPSA) is 36.3 Å². The van der Waals surface area contributed by atoms with Crippen LogP contribution in [0.4, 0.5) is 4.39 Å². The molecule has 0 aliphatic carbocycles. The summed E-state index contributed by atoms with van der Waals surface area (Å²) in [5.41, 5.74) is 3.50. The van der Waals surface area contributed by atoms with Gasteiger partial charge in [0, 0.05) is 29.5 Å². The number of ether oxygens (including phenoxy) is 2. The zero-order chi connectivity index (χ0) is 23.2. The Bertz CT molecular complexity index is 1170. The van der Waals surface area contributed by atoms with Gasteiger partial charge in [-0.25, -0.2) is 9.37 Å². The van der Waals surface area contributed by atoms with Crippen molar-refractivity contribution < 1.29 is 13.9 Å². The first-order chi connectivity index (χ1) is 16.7. The van der Waals surface area contributed by atoms with Crippen LogP contribution in [0.25, 0.3) is 11.1 Å². The van der Waals surface area contributed by atoms with Crippen molar-refractivity contribution in [1.29, 1.82) is 0 Å². The SMILES string of the molecule is Fc1ccc(CCC2(Cn3ccnc3)OCC(CSc3ccc(-c4ccccc4)cc3)O2)cc1. The molecule has 1 aromatic heterocycles. The minimum atomic E-state index is -0.725. The van der Waals surface area contributed by atoms with Crippen molar-refractivity contribution in [2.45, 2.75) is 36.2 Å². The number of aromatic nitrogens is 2. The van der Waals surface area contributed by atoms with Gasteiger partial charge in [0.05, 0.1) is 25.6 Å². The normalized spacial score (nSPS) is 20.0. The van der Waals surface area contributed by atoms with Gasteiger partial charge in [-0.3, -0.25) is 0 Å². The number of hydrogen-bond donors (Lipinski definition) is 0. The summed E-state index contributed by atoms with van der Waals surface area (Å²) in [5, 5.41) is 0. The molecule has 1 fully saturated rings. The van der Waals surface area contributed by atoms with E-state index < -0.39 is 5.79 Å². The summed E-state index contributed by atoms with van der Waals surface area (Å²) in [6.45, 7) is 1.12. The average Bonchev–Trinajstić information content (AvgIpc) is 3.54. The van der Waals surface area contributed by atoms with Gasteiger partial charge in [0.2, 0.25) is 0 Å². The maximum atomic E-state index is 13.3. The summed E-state index contributed by atoms with van der Waals surface area (Å²) in [6.07, 6.45) is 6.88. The van der Waals surface area contributed by atoms with Gasteiger partial charge < -0.3 is 14.0 Å². The predicted molar refractivity (Wildman–Crippen MR) is 133 cm³/mol. The third kappa shape index (κ3) is 5.76. The number of halogens is 1. The van der Waals surface area contributed by atoms with E-state index in [4.69, 9.17) is 9.47 Å². The van der Waals surface area contributed by atoms with Gasteiger partial charge in [0.1, 0.15) is 5.82 Å². The van der Waals surface area contributed by atoms with Gasteiger partial charge in [-0.1, -0.05) is 54.6 Å². The maximum absolute atomic E-state index is 13.3. The number of hydrogen-bond acceptors (Lipinski definition) is 4. The third-order valence-electron chi connectivity index (χ3n) is 6.00. The second-order valence-electron chi connectivity index (χ2n) is 8.52. The number of imidazole rings is 1. The molecule has 1 saturated heterocycles. The van der Waals surface area contributed by atoms with Crippen LogP contribution < -0.4 is 0 Å². The highest BCUT2D eigenvalue weighted by Crippen LogP contribution is 2.34. The Morgan fingerprint density at radius 1 is 0.971 bits per heavy atom. The zero-order valence-electron chi connectivity index (χ0n) is 18.8. The number of rotatable bonds is 9. The Morgan fingerprint density at radius 2 is 1.74 bits per heavy atom. The molecule has 0 saturated carbocycles. The van der Waals surface area contributed by atoms with E-state index in [-0.39, 0.29) is 11.9 Å². The minimum absolute atomic E-state index is 0.00413. The molecular weight excluding hydrogens is 447 g/mol. The molecule has 5 rings (SSSR count). The molecule has 0 spiro atoms. The number of benzene rings is 3. The van der Waals surface area contributed by atoms with Gasteiger partial charge >= 0.3 is 0 Å².